The lowest BCUT2D eigenvalue weighted by Crippen LogP contribution is -2.55. The lowest BCUT2D eigenvalue weighted by Gasteiger charge is -2.43. The summed E-state index contributed by atoms with van der Waals surface area (Å²) in [4.78, 5) is 60.2. The van der Waals surface area contributed by atoms with Crippen molar-refractivity contribution in [3.05, 3.63) is 270 Å². The molecular formula is C88H86F26N8O6. The summed E-state index contributed by atoms with van der Waals surface area (Å²) in [6.45, 7) is 5.41. The molecule has 4 heterocycles. The van der Waals surface area contributed by atoms with Crippen molar-refractivity contribution < 1.29 is 143 Å². The highest BCUT2D eigenvalue weighted by atomic mass is 19.4. The Morgan fingerprint density at radius 3 is 0.820 bits per heavy atom. The van der Waals surface area contributed by atoms with E-state index in [0.717, 1.165) is 45.0 Å². The zero-order valence-corrected chi connectivity index (χ0v) is 69.2. The summed E-state index contributed by atoms with van der Waals surface area (Å²) in [6.07, 6.45) is -37.2. The van der Waals surface area contributed by atoms with E-state index < -0.39 is 185 Å². The molecule has 4 fully saturated rings. The van der Waals surface area contributed by atoms with Crippen LogP contribution in [0.4, 0.5) is 114 Å². The molecular weight excluding hydrogens is 1760 g/mol. The van der Waals surface area contributed by atoms with E-state index in [1.807, 2.05) is 33.7 Å². The molecule has 4 aliphatic heterocycles. The second-order valence-electron chi connectivity index (χ2n) is 31.6. The van der Waals surface area contributed by atoms with E-state index in [1.165, 1.54) is 19.1 Å². The minimum Gasteiger partial charge on any atom is -0.496 e. The average Bonchev–Trinajstić information content (AvgIpc) is 0.767. The van der Waals surface area contributed by atoms with E-state index >= 15 is 0 Å². The topological polar surface area (TPSA) is 148 Å². The fourth-order valence-corrected chi connectivity index (χ4v) is 16.5. The maximum Gasteiger partial charge on any atom is 0.417 e. The van der Waals surface area contributed by atoms with Crippen LogP contribution in [0.25, 0.3) is 0 Å². The number of rotatable bonds is 15. The van der Waals surface area contributed by atoms with Gasteiger partial charge in [-0.15, -0.1) is 0 Å². The molecule has 4 saturated heterocycles. The number of carbonyl (C=O) groups excluding carboxylic acids is 4. The van der Waals surface area contributed by atoms with Gasteiger partial charge in [0.25, 0.3) is 23.6 Å². The Morgan fingerprint density at radius 1 is 0.320 bits per heavy atom. The number of amides is 4. The second kappa shape index (κ2) is 39.3. The van der Waals surface area contributed by atoms with Gasteiger partial charge < -0.3 is 50.3 Å². The molecule has 4 atom stereocenters. The maximum atomic E-state index is 14.5. The number of likely N-dealkylation sites (tertiary alicyclic amines) is 4. The van der Waals surface area contributed by atoms with E-state index in [0.29, 0.717) is 112 Å². The van der Waals surface area contributed by atoms with Gasteiger partial charge >= 0.3 is 49.4 Å². The van der Waals surface area contributed by atoms with Gasteiger partial charge in [0, 0.05) is 26.2 Å². The molecule has 4 amide bonds. The van der Waals surface area contributed by atoms with Crippen molar-refractivity contribution in [3.63, 3.8) is 0 Å². The molecule has 40 heteroatoms. The Balaban J connectivity index is 0.000000193. The van der Waals surface area contributed by atoms with Gasteiger partial charge in [-0.2, -0.15) is 105 Å². The van der Waals surface area contributed by atoms with Crippen LogP contribution in [0.1, 0.15) is 172 Å². The molecule has 0 spiro atoms. The van der Waals surface area contributed by atoms with Gasteiger partial charge in [-0.05, 0) is 201 Å². The van der Waals surface area contributed by atoms with Crippen LogP contribution in [0.5, 0.6) is 11.5 Å². The second-order valence-corrected chi connectivity index (χ2v) is 31.6. The van der Waals surface area contributed by atoms with Gasteiger partial charge in [0.15, 0.2) is 0 Å². The SMILES string of the molecule is CCc1cc(C(F)(F)F)cc(C(F)(F)F)c1C(=O)NC1(c2ccccc2)CCCN(C)C1.CN1CCCC(NC(=O)c2c(F)cc(C(F)(F)F)cc2C(F)(F)F)(c2ccccc2)C1.COc1cc(C(F)(F)F)cc(C(F)(F)F)c1C(=O)NC1(c2ccc(F)cc2)CCCN(C)C1.COc1cc(C(F)(F)F)cc(C(F)(F)F)c1C(=O)NC1(c2ccccc2)CCCN(C)C1. The summed E-state index contributed by atoms with van der Waals surface area (Å²) in [7, 11) is 9.00. The van der Waals surface area contributed by atoms with Crippen molar-refractivity contribution in [3.8, 4) is 11.5 Å². The van der Waals surface area contributed by atoms with Crippen molar-refractivity contribution in [2.75, 3.05) is 94.8 Å². The number of likely N-dealkylation sites (N-methyl/N-ethyl adjacent to an activating group) is 4. The summed E-state index contributed by atoms with van der Waals surface area (Å²) in [6, 6.07) is 32.3. The Hall–Kier alpha value is -10.7. The number of methoxy groups -OCH3 is 2. The molecule has 0 radical (unpaired) electrons. The molecule has 0 saturated carbocycles. The first-order valence-corrected chi connectivity index (χ1v) is 39.3. The highest BCUT2D eigenvalue weighted by molar-refractivity contribution is 6.01. The minimum absolute atomic E-state index is 0.0241. The van der Waals surface area contributed by atoms with Crippen molar-refractivity contribution in [2.45, 2.75) is 136 Å². The molecule has 4 N–H and O–H groups in total. The molecule has 8 aromatic rings. The van der Waals surface area contributed by atoms with Crippen LogP contribution in [0, 0.1) is 11.6 Å². The third-order valence-corrected chi connectivity index (χ3v) is 22.3. The predicted molar refractivity (Wildman–Crippen MR) is 417 cm³/mol. The number of hydrogen-bond acceptors (Lipinski definition) is 10. The standard InChI is InChI=1S/C23H24F6N2O.C22H21F7N2O2.C22H22F6N2O2.C21H19F7N2O/c1-3-15-12-17(22(24,25)26)13-18(23(27,28)29)19(15)20(32)30-21(10-7-11-31(2)14-21)16-8-5-4-6-9-16;1-31-9-3-8-20(12-31,13-4-6-15(23)7-5-13)30-19(32)18-16(22(27,28)29)10-14(21(24,25)26)11-17(18)33-2;1-30-10-6-9-20(13-30,14-7-4-3-5-8-14)29-19(31)18-16(22(26,27)28)11-15(21(23,24)25)12-17(18)32-2;1-30-9-5-8-19(12-30,13-6-3-2-4-7-13)29-18(31)17-15(21(26,27)28)10-14(11-16(17)22)20(23,24)25/h4-6,8-9,12-13H,3,7,10-11,14H2,1-2H3,(H,30,32);4-7,10-11H,3,8-9,12H2,1-2H3,(H,30,32);3-5,7-8,11-12H,6,9-10,13H2,1-2H3,(H,29,31);2-4,6-7,10-11H,5,8-9,12H2,1H3,(H,29,31). The van der Waals surface area contributed by atoms with E-state index in [1.54, 1.807) is 105 Å². The van der Waals surface area contributed by atoms with Gasteiger partial charge in [-0.3, -0.25) is 19.2 Å². The number of halogens is 26. The molecule has 696 valence electrons. The summed E-state index contributed by atoms with van der Waals surface area (Å²) >= 11 is 0. The number of hydrogen-bond donors (Lipinski definition) is 4. The Labute approximate surface area is 717 Å². The normalized spacial score (nSPS) is 20.2. The number of benzene rings is 8. The van der Waals surface area contributed by atoms with E-state index in [-0.39, 0.29) is 55.4 Å². The Morgan fingerprint density at radius 2 is 0.562 bits per heavy atom. The first-order chi connectivity index (χ1) is 59.3. The monoisotopic (exact) mass is 1840 g/mol. The van der Waals surface area contributed by atoms with Crippen molar-refractivity contribution in [1.29, 1.82) is 0 Å². The molecule has 0 aromatic heterocycles. The number of alkyl halides is 24. The van der Waals surface area contributed by atoms with Gasteiger partial charge in [0.05, 0.1) is 103 Å². The molecule has 4 aliphatic rings. The van der Waals surface area contributed by atoms with Crippen molar-refractivity contribution in [2.24, 2.45) is 0 Å². The molecule has 12 rings (SSSR count). The zero-order valence-electron chi connectivity index (χ0n) is 69.2. The molecule has 0 aliphatic carbocycles. The van der Waals surface area contributed by atoms with Gasteiger partial charge in [-0.25, -0.2) is 8.78 Å². The molecule has 0 bridgehead atoms. The van der Waals surface area contributed by atoms with Crippen LogP contribution in [-0.2, 0) is 78.0 Å². The number of carbonyl (C=O) groups is 4. The van der Waals surface area contributed by atoms with E-state index in [4.69, 9.17) is 9.47 Å². The number of nitrogens with one attached hydrogen (secondary N) is 4. The number of nitrogens with zero attached hydrogens (tertiary/aromatic N) is 4. The molecule has 4 unspecified atom stereocenters. The lowest BCUT2D eigenvalue weighted by atomic mass is 9.81. The molecule has 128 heavy (non-hydrogen) atoms. The van der Waals surface area contributed by atoms with E-state index in [9.17, 15) is 133 Å². The fourth-order valence-electron chi connectivity index (χ4n) is 16.5. The van der Waals surface area contributed by atoms with Crippen LogP contribution in [0.3, 0.4) is 0 Å². The molecule has 14 nitrogen and oxygen atoms in total. The lowest BCUT2D eigenvalue weighted by molar-refractivity contribution is -0.145. The zero-order chi connectivity index (χ0) is 95.1. The maximum absolute atomic E-state index is 14.5. The van der Waals surface area contributed by atoms with Crippen LogP contribution in [0.2, 0.25) is 0 Å². The first kappa shape index (κ1) is 101. The average molecular weight is 1850 g/mol. The number of piperidine rings is 4. The number of ether oxygens (including phenoxy) is 2. The fraction of sp³-hybridized carbons (Fsp3) is 0.409. The smallest absolute Gasteiger partial charge is 0.417 e. The summed E-state index contributed by atoms with van der Waals surface area (Å²) in [5.74, 6) is -8.90. The van der Waals surface area contributed by atoms with Gasteiger partial charge in [0.1, 0.15) is 23.1 Å². The minimum atomic E-state index is -5.36. The summed E-state index contributed by atoms with van der Waals surface area (Å²) in [5.41, 5.74) is -19.7. The van der Waals surface area contributed by atoms with Crippen molar-refractivity contribution >= 4 is 23.6 Å². The predicted octanol–water partition coefficient (Wildman–Crippen LogP) is 21.2. The summed E-state index contributed by atoms with van der Waals surface area (Å²) in [5, 5.41) is 10.6. The van der Waals surface area contributed by atoms with Crippen LogP contribution < -0.4 is 30.7 Å². The summed E-state index contributed by atoms with van der Waals surface area (Å²) < 4.78 is 359. The van der Waals surface area contributed by atoms with E-state index in [2.05, 4.69) is 21.3 Å². The quantitative estimate of drug-likeness (QED) is 0.0731. The number of aryl methyl sites for hydroxylation is 1. The van der Waals surface area contributed by atoms with Crippen LogP contribution in [-0.4, -0.2) is 138 Å². The third kappa shape index (κ3) is 24.2. The van der Waals surface area contributed by atoms with Crippen LogP contribution >= 0.6 is 0 Å². The highest BCUT2D eigenvalue weighted by Crippen LogP contribution is 2.48. The Kier molecular flexibility index (Phi) is 31.0. The van der Waals surface area contributed by atoms with Gasteiger partial charge in [-0.1, -0.05) is 110 Å². The first-order valence-electron chi connectivity index (χ1n) is 39.3. The Bertz CT molecular complexity index is 5040. The van der Waals surface area contributed by atoms with Crippen molar-refractivity contribution in [1.82, 2.24) is 40.9 Å². The van der Waals surface area contributed by atoms with Gasteiger partial charge in [0.2, 0.25) is 0 Å². The highest BCUT2D eigenvalue weighted by Gasteiger charge is 2.51. The third-order valence-electron chi connectivity index (χ3n) is 22.3. The largest absolute Gasteiger partial charge is 0.496 e. The van der Waals surface area contributed by atoms with Crippen LogP contribution in [0.15, 0.2) is 164 Å². The molecule has 8 aromatic carbocycles.